The second-order valence-corrected chi connectivity index (χ2v) is 24.2. The molecule has 14 atom stereocenters. The Morgan fingerprint density at radius 2 is 0.840 bits per heavy atom. The van der Waals surface area contributed by atoms with E-state index in [4.69, 9.17) is 17.2 Å². The molecule has 1 heterocycles. The van der Waals surface area contributed by atoms with Crippen molar-refractivity contribution in [3.8, 4) is 5.75 Å². The van der Waals surface area contributed by atoms with Crippen molar-refractivity contribution in [3.63, 3.8) is 0 Å². The third-order valence-corrected chi connectivity index (χ3v) is 15.3. The van der Waals surface area contributed by atoms with Gasteiger partial charge < -0.3 is 122 Å². The van der Waals surface area contributed by atoms with E-state index in [9.17, 15) is 108 Å². The Hall–Kier alpha value is -10.4. The Morgan fingerprint density at radius 3 is 1.35 bits per heavy atom. The molecule has 0 spiro atoms. The van der Waals surface area contributed by atoms with Gasteiger partial charge in [-0.15, -0.1) is 0 Å². The number of aliphatic carboxylic acids is 1. The van der Waals surface area contributed by atoms with Crippen molar-refractivity contribution in [1.29, 1.82) is 0 Å². The molecule has 26 N–H and O–H groups in total. The Morgan fingerprint density at radius 1 is 0.440 bits per heavy atom. The van der Waals surface area contributed by atoms with E-state index in [2.05, 4.69) is 63.5 Å². The molecular formula is C62H92N16O22. The topological polar surface area (TPSA) is 636 Å². The number of nitrogens with one attached hydrogen (secondary N) is 13. The monoisotopic (exact) mass is 1410 g/mol. The first-order valence-corrected chi connectivity index (χ1v) is 31.6. The predicted octanol–water partition coefficient (Wildman–Crippen LogP) is -8.88. The van der Waals surface area contributed by atoms with E-state index in [0.717, 1.165) is 13.8 Å². The molecule has 1 aromatic heterocycles. The molecule has 3 rings (SSSR count). The average molecular weight is 1410 g/mol. The summed E-state index contributed by atoms with van der Waals surface area (Å²) in [5, 5.41) is 97.8. The van der Waals surface area contributed by atoms with Crippen molar-refractivity contribution in [2.45, 2.75) is 172 Å². The average Bonchev–Trinajstić information content (AvgIpc) is 1.76. The number of benzene rings is 2. The zero-order chi connectivity index (χ0) is 75.4. The van der Waals surface area contributed by atoms with Crippen LogP contribution in [0.2, 0.25) is 0 Å². The largest absolute Gasteiger partial charge is 0.508 e. The van der Waals surface area contributed by atoms with Gasteiger partial charge in [-0.3, -0.25) is 67.1 Å². The second-order valence-electron chi connectivity index (χ2n) is 24.2. The zero-order valence-electron chi connectivity index (χ0n) is 56.0. The van der Waals surface area contributed by atoms with Gasteiger partial charge in [0.05, 0.1) is 44.6 Å². The van der Waals surface area contributed by atoms with Crippen molar-refractivity contribution in [2.75, 3.05) is 26.3 Å². The van der Waals surface area contributed by atoms with Crippen molar-refractivity contribution < 1.29 is 108 Å². The Kier molecular flexibility index (Phi) is 33.9. The number of carbonyl (C=O) groups is 15. The number of carbonyl (C=O) groups excluding carboxylic acids is 14. The number of aromatic nitrogens is 1. The SMILES string of the molecule is CC(C)[C@H](NC(=O)[C@H](CCC(N)=O)NC(=O)[C@@H](NC(=O)CNC(=O)[C@H](CCC(N)=O)NC(=O)CNC(=O)[C@H](Cc1c[nH]c2ccccc12)NC(=O)[C@H](Cc1ccc(O)cc1)NC(=O)[C@@H](N)[C@@H](C)O)[C@@H](C)O)C(=O)N[C@H](C(=O)N[C@H](C(=O)N[C@@H](CO)C(=O)N[C@@H](CO)C(=O)O)C(C)C)[C@@H](C)O. The van der Waals surface area contributed by atoms with Gasteiger partial charge >= 0.3 is 5.97 Å². The van der Waals surface area contributed by atoms with Gasteiger partial charge in [-0.25, -0.2) is 4.79 Å². The van der Waals surface area contributed by atoms with Crippen LogP contribution in [0, 0.1) is 11.8 Å². The molecule has 38 nitrogen and oxygen atoms in total. The summed E-state index contributed by atoms with van der Waals surface area (Å²) < 4.78 is 0. The van der Waals surface area contributed by atoms with Crippen molar-refractivity contribution in [3.05, 3.63) is 65.9 Å². The molecule has 0 bridgehead atoms. The number of aliphatic hydroxyl groups is 5. The van der Waals surface area contributed by atoms with E-state index < -0.39 is 237 Å². The van der Waals surface area contributed by atoms with Crippen LogP contribution >= 0.6 is 0 Å². The smallest absolute Gasteiger partial charge is 0.328 e. The fraction of sp³-hybridized carbons (Fsp3) is 0.532. The molecule has 0 saturated carbocycles. The van der Waals surface area contributed by atoms with Crippen LogP contribution in [0.5, 0.6) is 5.75 Å². The Balaban J connectivity index is 1.77. The highest BCUT2D eigenvalue weighted by atomic mass is 16.4. The molecule has 0 aliphatic carbocycles. The van der Waals surface area contributed by atoms with Crippen LogP contribution < -0.4 is 81.0 Å². The first-order valence-electron chi connectivity index (χ1n) is 31.6. The summed E-state index contributed by atoms with van der Waals surface area (Å²) in [7, 11) is 0. The molecule has 0 radical (unpaired) electrons. The molecule has 38 heteroatoms. The van der Waals surface area contributed by atoms with E-state index in [1.54, 1.807) is 30.5 Å². The number of aliphatic hydroxyl groups excluding tert-OH is 5. The first kappa shape index (κ1) is 83.8. The highest BCUT2D eigenvalue weighted by Crippen LogP contribution is 2.20. The third kappa shape index (κ3) is 27.1. The Bertz CT molecular complexity index is 3380. The van der Waals surface area contributed by atoms with Crippen LogP contribution in [-0.4, -0.2) is 240 Å². The maximum absolute atomic E-state index is 14.1. The van der Waals surface area contributed by atoms with Gasteiger partial charge in [0.1, 0.15) is 72.2 Å². The minimum Gasteiger partial charge on any atom is -0.508 e. The number of amides is 14. The number of rotatable bonds is 42. The maximum atomic E-state index is 14.1. The van der Waals surface area contributed by atoms with Gasteiger partial charge in [0.15, 0.2) is 0 Å². The number of carboxylic acid groups (broad SMARTS) is 1. The van der Waals surface area contributed by atoms with E-state index in [0.29, 0.717) is 22.0 Å². The van der Waals surface area contributed by atoms with Crippen molar-refractivity contribution >= 4 is 99.6 Å². The fourth-order valence-electron chi connectivity index (χ4n) is 9.52. The van der Waals surface area contributed by atoms with Gasteiger partial charge in [0.25, 0.3) is 0 Å². The normalized spacial score (nSPS) is 15.4. The summed E-state index contributed by atoms with van der Waals surface area (Å²) in [6, 6.07) is -5.68. The lowest BCUT2D eigenvalue weighted by Crippen LogP contribution is -2.63. The number of carboxylic acids is 1. The number of fused-ring (bicyclic) bond motifs is 1. The van der Waals surface area contributed by atoms with E-state index in [1.165, 1.54) is 58.9 Å². The summed E-state index contributed by atoms with van der Waals surface area (Å²) in [5.41, 5.74) is 18.2. The molecule has 2 aromatic carbocycles. The summed E-state index contributed by atoms with van der Waals surface area (Å²) in [6.45, 7) is 5.23. The summed E-state index contributed by atoms with van der Waals surface area (Å²) in [5.74, 6) is -18.4. The van der Waals surface area contributed by atoms with Crippen LogP contribution in [0.3, 0.4) is 0 Å². The predicted molar refractivity (Wildman–Crippen MR) is 350 cm³/mol. The molecule has 0 fully saturated rings. The quantitative estimate of drug-likeness (QED) is 0.0250. The molecule has 100 heavy (non-hydrogen) atoms. The second kappa shape index (κ2) is 40.5. The third-order valence-electron chi connectivity index (χ3n) is 15.3. The fourth-order valence-corrected chi connectivity index (χ4v) is 9.52. The summed E-state index contributed by atoms with van der Waals surface area (Å²) in [6.07, 6.45) is -5.71. The lowest BCUT2D eigenvalue weighted by atomic mass is 9.99. The number of H-pyrrole nitrogens is 1. The van der Waals surface area contributed by atoms with Crippen LogP contribution in [-0.2, 0) is 84.8 Å². The van der Waals surface area contributed by atoms with Gasteiger partial charge in [-0.2, -0.15) is 0 Å². The van der Waals surface area contributed by atoms with Crippen LogP contribution in [0.4, 0.5) is 0 Å². The molecule has 0 aliphatic rings. The maximum Gasteiger partial charge on any atom is 0.328 e. The zero-order valence-corrected chi connectivity index (χ0v) is 56.0. The highest BCUT2D eigenvalue weighted by Gasteiger charge is 2.39. The van der Waals surface area contributed by atoms with Crippen LogP contribution in [0.25, 0.3) is 10.9 Å². The number of aromatic amines is 1. The number of hydrogen-bond donors (Lipinski definition) is 23. The molecule has 0 saturated heterocycles. The molecule has 14 amide bonds. The number of hydrogen-bond acceptors (Lipinski definition) is 22. The number of para-hydroxylation sites is 1. The van der Waals surface area contributed by atoms with Gasteiger partial charge in [0, 0.05) is 42.8 Å². The molecule has 0 unspecified atom stereocenters. The molecule has 0 aliphatic heterocycles. The van der Waals surface area contributed by atoms with Gasteiger partial charge in [-0.1, -0.05) is 58.0 Å². The van der Waals surface area contributed by atoms with E-state index in [-0.39, 0.29) is 18.6 Å². The van der Waals surface area contributed by atoms with Crippen LogP contribution in [0.1, 0.15) is 85.3 Å². The lowest BCUT2D eigenvalue weighted by Gasteiger charge is -2.30. The number of primary amides is 2. The first-order chi connectivity index (χ1) is 46.9. The van der Waals surface area contributed by atoms with Gasteiger partial charge in [0.2, 0.25) is 82.7 Å². The number of aromatic hydroxyl groups is 1. The standard InChI is InChI=1S/C62H92N16O22/c1-27(2)48(58(95)73-41(25-79)56(93)74-42(26-80)62(99)100)77-61(98)51(31(7)83)78-59(96)49(28(3)4)76-54(91)38(17-19-44(64)86)70-60(97)50(30(6)82)75-46(88)24-67-52(89)37(16-18-43(63)85)69-45(87)23-68-53(90)40(21-33-22-66-36-11-9-8-10-35(33)36)71-55(92)39(72-57(94)47(65)29(5)81)20-32-12-14-34(84)15-13-32/h8-15,22,27-31,37-42,47-51,66,79-84H,16-21,23-26,65H2,1-7H3,(H2,63,85)(H2,64,86)(H,67,89)(H,68,90)(H,69,87)(H,70,97)(H,71,92)(H,72,94)(H,73,95)(H,74,93)(H,75,88)(H,76,91)(H,77,98)(H,78,96)(H,99,100)/t29-,30-,31-,37+,38+,39+,40+,41+,42+,47+,48+,49+,50+,51+/m1/s1. The summed E-state index contributed by atoms with van der Waals surface area (Å²) >= 11 is 0. The molecular weight excluding hydrogens is 1320 g/mol. The number of nitrogens with two attached hydrogens (primary N) is 3. The highest BCUT2D eigenvalue weighted by molar-refractivity contribution is 6.00. The van der Waals surface area contributed by atoms with Crippen LogP contribution in [0.15, 0.2) is 54.7 Å². The van der Waals surface area contributed by atoms with Crippen molar-refractivity contribution in [2.24, 2.45) is 29.0 Å². The number of phenols is 1. The van der Waals surface area contributed by atoms with E-state index >= 15 is 0 Å². The summed E-state index contributed by atoms with van der Waals surface area (Å²) in [4.78, 5) is 202. The lowest BCUT2D eigenvalue weighted by molar-refractivity contribution is -0.143. The van der Waals surface area contributed by atoms with Crippen molar-refractivity contribution in [1.82, 2.24) is 68.8 Å². The molecule has 552 valence electrons. The minimum absolute atomic E-state index is 0.0933. The minimum atomic E-state index is -1.93. The number of phenolic OH excluding ortho intramolecular Hbond substituents is 1. The Labute approximate surface area is 572 Å². The van der Waals surface area contributed by atoms with Gasteiger partial charge in [-0.05, 0) is 74.8 Å². The molecule has 3 aromatic rings. The van der Waals surface area contributed by atoms with E-state index in [1.807, 2.05) is 5.32 Å².